The van der Waals surface area contributed by atoms with Gasteiger partial charge in [0, 0.05) is 11.8 Å². The molecule has 0 radical (unpaired) electrons. The van der Waals surface area contributed by atoms with E-state index in [1.807, 2.05) is 19.1 Å². The summed E-state index contributed by atoms with van der Waals surface area (Å²) in [6.45, 7) is 2.33. The first-order chi connectivity index (χ1) is 8.56. The van der Waals surface area contributed by atoms with Crippen LogP contribution in [0, 0.1) is 12.7 Å². The molecule has 0 aliphatic rings. The van der Waals surface area contributed by atoms with Gasteiger partial charge in [0.1, 0.15) is 18.2 Å². The van der Waals surface area contributed by atoms with Gasteiger partial charge in [0.25, 0.3) is 0 Å². The number of aryl methyl sites for hydroxylation is 1. The Morgan fingerprint density at radius 2 is 2.00 bits per heavy atom. The van der Waals surface area contributed by atoms with Gasteiger partial charge >= 0.3 is 0 Å². The van der Waals surface area contributed by atoms with Gasteiger partial charge < -0.3 is 10.5 Å². The van der Waals surface area contributed by atoms with Gasteiger partial charge in [-0.3, -0.25) is 0 Å². The van der Waals surface area contributed by atoms with Crippen LogP contribution in [0.2, 0.25) is 0 Å². The first-order valence-corrected chi connectivity index (χ1v) is 6.28. The van der Waals surface area contributed by atoms with Crippen LogP contribution < -0.4 is 10.5 Å². The van der Waals surface area contributed by atoms with Gasteiger partial charge in [-0.15, -0.1) is 0 Å². The predicted molar refractivity (Wildman–Crippen MR) is 74.0 cm³/mol. The third-order valence-corrected chi connectivity index (χ3v) is 3.20. The number of hydrogen-bond acceptors (Lipinski definition) is 2. The van der Waals surface area contributed by atoms with Gasteiger partial charge in [-0.25, -0.2) is 4.39 Å². The van der Waals surface area contributed by atoms with E-state index in [0.29, 0.717) is 16.8 Å². The summed E-state index contributed by atoms with van der Waals surface area (Å²) in [5.74, 6) is 0.467. The minimum Gasteiger partial charge on any atom is -0.489 e. The second-order valence-electron chi connectivity index (χ2n) is 4.06. The van der Waals surface area contributed by atoms with E-state index in [1.54, 1.807) is 18.2 Å². The molecule has 2 aromatic rings. The van der Waals surface area contributed by atoms with Crippen molar-refractivity contribution in [3.05, 3.63) is 57.8 Å². The van der Waals surface area contributed by atoms with Crippen molar-refractivity contribution in [2.24, 2.45) is 0 Å². The summed E-state index contributed by atoms with van der Waals surface area (Å²) in [4.78, 5) is 0. The lowest BCUT2D eigenvalue weighted by molar-refractivity contribution is 0.304. The van der Waals surface area contributed by atoms with E-state index in [1.165, 1.54) is 6.07 Å². The van der Waals surface area contributed by atoms with Gasteiger partial charge in [-0.05, 0) is 52.2 Å². The number of benzene rings is 2. The van der Waals surface area contributed by atoms with Crippen LogP contribution in [0.4, 0.5) is 10.1 Å². The molecule has 0 aromatic heterocycles. The largest absolute Gasteiger partial charge is 0.489 e. The molecule has 0 spiro atoms. The third kappa shape index (κ3) is 3.01. The monoisotopic (exact) mass is 309 g/mol. The van der Waals surface area contributed by atoms with Gasteiger partial charge in [-0.2, -0.15) is 0 Å². The van der Waals surface area contributed by atoms with Crippen molar-refractivity contribution in [3.63, 3.8) is 0 Å². The Hall–Kier alpha value is -1.55. The van der Waals surface area contributed by atoms with Crippen molar-refractivity contribution >= 4 is 21.6 Å². The zero-order valence-electron chi connectivity index (χ0n) is 9.91. The Labute approximate surface area is 114 Å². The SMILES string of the molecule is Cc1ccc(N)cc1OCc1ccc(F)c(Br)c1. The predicted octanol–water partition coefficient (Wildman–Crippen LogP) is 4.06. The molecule has 0 aliphatic carbocycles. The third-order valence-electron chi connectivity index (χ3n) is 2.59. The minimum absolute atomic E-state index is 0.279. The summed E-state index contributed by atoms with van der Waals surface area (Å²) >= 11 is 3.15. The quantitative estimate of drug-likeness (QED) is 0.868. The van der Waals surface area contributed by atoms with Crippen LogP contribution in [0.25, 0.3) is 0 Å². The molecule has 0 saturated heterocycles. The number of hydrogen-bond donors (Lipinski definition) is 1. The molecular formula is C14H13BrFNO. The fraction of sp³-hybridized carbons (Fsp3) is 0.143. The number of ether oxygens (including phenoxy) is 1. The Kier molecular flexibility index (Phi) is 3.87. The molecule has 2 nitrogen and oxygen atoms in total. The van der Waals surface area contributed by atoms with E-state index in [9.17, 15) is 4.39 Å². The first-order valence-electron chi connectivity index (χ1n) is 5.49. The lowest BCUT2D eigenvalue weighted by Gasteiger charge is -2.10. The molecule has 0 amide bonds. The highest BCUT2D eigenvalue weighted by Gasteiger charge is 2.03. The number of halogens is 2. The van der Waals surface area contributed by atoms with Crippen LogP contribution in [0.1, 0.15) is 11.1 Å². The molecule has 0 bridgehead atoms. The van der Waals surface area contributed by atoms with Gasteiger partial charge in [-0.1, -0.05) is 12.1 Å². The molecule has 2 N–H and O–H groups in total. The lowest BCUT2D eigenvalue weighted by Crippen LogP contribution is -1.98. The molecule has 0 aliphatic heterocycles. The van der Waals surface area contributed by atoms with Crippen LogP contribution in [0.5, 0.6) is 5.75 Å². The molecule has 0 fully saturated rings. The van der Waals surface area contributed by atoms with Crippen LogP contribution >= 0.6 is 15.9 Å². The van der Waals surface area contributed by atoms with Crippen molar-refractivity contribution in [1.82, 2.24) is 0 Å². The molecule has 4 heteroatoms. The summed E-state index contributed by atoms with van der Waals surface area (Å²) in [5.41, 5.74) is 8.28. The first kappa shape index (κ1) is 12.9. The number of rotatable bonds is 3. The molecule has 0 atom stereocenters. The maximum Gasteiger partial charge on any atom is 0.137 e. The van der Waals surface area contributed by atoms with Crippen molar-refractivity contribution in [2.75, 3.05) is 5.73 Å². The maximum atomic E-state index is 13.1. The summed E-state index contributed by atoms with van der Waals surface area (Å²) in [7, 11) is 0. The van der Waals surface area contributed by atoms with E-state index >= 15 is 0 Å². The van der Waals surface area contributed by atoms with E-state index in [2.05, 4.69) is 15.9 Å². The van der Waals surface area contributed by atoms with E-state index in [0.717, 1.165) is 16.9 Å². The van der Waals surface area contributed by atoms with Crippen molar-refractivity contribution < 1.29 is 9.13 Å². The van der Waals surface area contributed by atoms with E-state index in [4.69, 9.17) is 10.5 Å². The van der Waals surface area contributed by atoms with Crippen LogP contribution in [0.15, 0.2) is 40.9 Å². The van der Waals surface area contributed by atoms with Crippen molar-refractivity contribution in [3.8, 4) is 5.75 Å². The van der Waals surface area contributed by atoms with E-state index in [-0.39, 0.29) is 5.82 Å². The molecular weight excluding hydrogens is 297 g/mol. The minimum atomic E-state index is -0.279. The number of nitrogen functional groups attached to an aromatic ring is 1. The average Bonchev–Trinajstić information content (AvgIpc) is 2.34. The molecule has 0 heterocycles. The molecule has 0 unspecified atom stereocenters. The smallest absolute Gasteiger partial charge is 0.137 e. The number of anilines is 1. The second-order valence-corrected chi connectivity index (χ2v) is 4.92. The lowest BCUT2D eigenvalue weighted by atomic mass is 10.2. The Morgan fingerprint density at radius 1 is 1.22 bits per heavy atom. The standard InChI is InChI=1S/C14H13BrFNO/c1-9-2-4-11(17)7-14(9)18-8-10-3-5-13(16)12(15)6-10/h2-7H,8,17H2,1H3. The molecule has 94 valence electrons. The summed E-state index contributed by atoms with van der Waals surface area (Å²) in [6, 6.07) is 10.3. The fourth-order valence-corrected chi connectivity index (χ4v) is 1.99. The Bertz CT molecular complexity index is 572. The molecule has 0 saturated carbocycles. The van der Waals surface area contributed by atoms with Crippen molar-refractivity contribution in [2.45, 2.75) is 13.5 Å². The average molecular weight is 310 g/mol. The summed E-state index contributed by atoms with van der Waals surface area (Å²) in [6.07, 6.45) is 0. The Balaban J connectivity index is 2.11. The zero-order valence-corrected chi connectivity index (χ0v) is 11.5. The van der Waals surface area contributed by atoms with Gasteiger partial charge in [0.15, 0.2) is 0 Å². The molecule has 18 heavy (non-hydrogen) atoms. The normalized spacial score (nSPS) is 10.4. The highest BCUT2D eigenvalue weighted by atomic mass is 79.9. The molecule has 2 rings (SSSR count). The van der Waals surface area contributed by atoms with Crippen molar-refractivity contribution in [1.29, 1.82) is 0 Å². The molecule has 2 aromatic carbocycles. The maximum absolute atomic E-state index is 13.1. The van der Waals surface area contributed by atoms with Crippen LogP contribution in [-0.2, 0) is 6.61 Å². The zero-order chi connectivity index (χ0) is 13.1. The topological polar surface area (TPSA) is 35.2 Å². The van der Waals surface area contributed by atoms with Crippen LogP contribution in [-0.4, -0.2) is 0 Å². The van der Waals surface area contributed by atoms with Gasteiger partial charge in [0.05, 0.1) is 4.47 Å². The van der Waals surface area contributed by atoms with Crippen LogP contribution in [0.3, 0.4) is 0 Å². The summed E-state index contributed by atoms with van der Waals surface area (Å²) < 4.78 is 19.2. The van der Waals surface area contributed by atoms with E-state index < -0.39 is 0 Å². The highest BCUT2D eigenvalue weighted by Crippen LogP contribution is 2.23. The Morgan fingerprint density at radius 3 is 2.72 bits per heavy atom. The number of nitrogens with two attached hydrogens (primary N) is 1. The van der Waals surface area contributed by atoms with Gasteiger partial charge in [0.2, 0.25) is 0 Å². The summed E-state index contributed by atoms with van der Waals surface area (Å²) in [5, 5.41) is 0. The fourth-order valence-electron chi connectivity index (χ4n) is 1.56. The second kappa shape index (κ2) is 5.40. The highest BCUT2D eigenvalue weighted by molar-refractivity contribution is 9.10.